The van der Waals surface area contributed by atoms with Crippen LogP contribution in [0.2, 0.25) is 0 Å². The predicted octanol–water partition coefficient (Wildman–Crippen LogP) is 2.66. The van der Waals surface area contributed by atoms with Gasteiger partial charge in [0.15, 0.2) is 0 Å². The first-order valence-electron chi connectivity index (χ1n) is 8.21. The maximum absolute atomic E-state index is 13.0. The number of anilines is 1. The monoisotopic (exact) mass is 359 g/mol. The molecule has 0 spiro atoms. The topological polar surface area (TPSA) is 53.7 Å². The second-order valence-corrected chi connectivity index (χ2v) is 7.09. The van der Waals surface area contributed by atoms with Gasteiger partial charge in [-0.2, -0.15) is 0 Å². The van der Waals surface area contributed by atoms with Crippen LogP contribution in [0, 0.1) is 5.82 Å². The van der Waals surface area contributed by atoms with Crippen LogP contribution in [0.3, 0.4) is 0 Å². The van der Waals surface area contributed by atoms with Crippen molar-refractivity contribution in [1.82, 2.24) is 19.5 Å². The number of rotatable bonds is 5. The van der Waals surface area contributed by atoms with E-state index in [9.17, 15) is 9.18 Å². The van der Waals surface area contributed by atoms with Crippen molar-refractivity contribution in [3.05, 3.63) is 36.3 Å². The molecule has 0 bridgehead atoms. The standard InChI is InChI=1S/C17H18FN5OS/c1-21(9-10-22-8-2-3-15(22)24)17-20-23-11-14(19-16(23)25-17)12-4-6-13(18)7-5-12/h4-7,11H,2-3,8-10H2,1H3. The molecule has 0 aliphatic carbocycles. The fraction of sp³-hybridized carbons (Fsp3) is 0.353. The normalized spacial score (nSPS) is 14.6. The number of amides is 1. The number of carbonyl (C=O) groups is 1. The summed E-state index contributed by atoms with van der Waals surface area (Å²) >= 11 is 1.50. The number of hydrogen-bond acceptors (Lipinski definition) is 5. The Morgan fingerprint density at radius 2 is 2.12 bits per heavy atom. The molecule has 0 saturated carbocycles. The summed E-state index contributed by atoms with van der Waals surface area (Å²) in [5, 5.41) is 5.42. The van der Waals surface area contributed by atoms with Crippen molar-refractivity contribution in [2.24, 2.45) is 0 Å². The Balaban J connectivity index is 1.47. The van der Waals surface area contributed by atoms with E-state index in [0.29, 0.717) is 6.42 Å². The molecule has 1 fully saturated rings. The van der Waals surface area contributed by atoms with Gasteiger partial charge in [0.05, 0.1) is 11.9 Å². The van der Waals surface area contributed by atoms with Crippen LogP contribution in [0.5, 0.6) is 0 Å². The lowest BCUT2D eigenvalue weighted by Crippen LogP contribution is -2.33. The number of fused-ring (bicyclic) bond motifs is 1. The third-order valence-electron chi connectivity index (χ3n) is 4.38. The first-order valence-corrected chi connectivity index (χ1v) is 9.03. The molecular weight excluding hydrogens is 341 g/mol. The second kappa shape index (κ2) is 6.44. The van der Waals surface area contributed by atoms with Gasteiger partial charge in [-0.25, -0.2) is 13.9 Å². The lowest BCUT2D eigenvalue weighted by atomic mass is 10.2. The molecule has 4 rings (SSSR count). The first kappa shape index (κ1) is 16.0. The smallest absolute Gasteiger partial charge is 0.222 e. The van der Waals surface area contributed by atoms with Crippen LogP contribution in [0.1, 0.15) is 12.8 Å². The zero-order valence-corrected chi connectivity index (χ0v) is 14.7. The molecule has 1 aliphatic rings. The molecule has 130 valence electrons. The molecule has 3 aromatic rings. The molecule has 1 saturated heterocycles. The third kappa shape index (κ3) is 3.21. The molecule has 3 heterocycles. The average molecular weight is 359 g/mol. The van der Waals surface area contributed by atoms with E-state index in [4.69, 9.17) is 0 Å². The van der Waals surface area contributed by atoms with Crippen molar-refractivity contribution in [3.63, 3.8) is 0 Å². The van der Waals surface area contributed by atoms with E-state index >= 15 is 0 Å². The molecular formula is C17H18FN5OS. The number of nitrogens with zero attached hydrogens (tertiary/aromatic N) is 5. The van der Waals surface area contributed by atoms with Crippen LogP contribution in [-0.2, 0) is 4.79 Å². The zero-order valence-electron chi connectivity index (χ0n) is 13.9. The molecule has 6 nitrogen and oxygen atoms in total. The summed E-state index contributed by atoms with van der Waals surface area (Å²) in [6.45, 7) is 2.32. The number of likely N-dealkylation sites (tertiary alicyclic amines) is 1. The Morgan fingerprint density at radius 1 is 1.32 bits per heavy atom. The molecule has 8 heteroatoms. The number of likely N-dealkylation sites (N-methyl/N-ethyl adjacent to an activating group) is 1. The van der Waals surface area contributed by atoms with Crippen LogP contribution in [0.4, 0.5) is 9.52 Å². The van der Waals surface area contributed by atoms with Crippen molar-refractivity contribution in [2.45, 2.75) is 12.8 Å². The molecule has 0 atom stereocenters. The van der Waals surface area contributed by atoms with E-state index in [1.165, 1.54) is 23.5 Å². The molecule has 1 amide bonds. The minimum Gasteiger partial charge on any atom is -0.348 e. The van der Waals surface area contributed by atoms with Crippen LogP contribution in [0.15, 0.2) is 30.5 Å². The van der Waals surface area contributed by atoms with Gasteiger partial charge in [-0.15, -0.1) is 5.10 Å². The van der Waals surface area contributed by atoms with Crippen molar-refractivity contribution in [1.29, 1.82) is 0 Å². The Hall–Kier alpha value is -2.48. The molecule has 0 radical (unpaired) electrons. The van der Waals surface area contributed by atoms with E-state index in [0.717, 1.165) is 47.4 Å². The van der Waals surface area contributed by atoms with E-state index in [-0.39, 0.29) is 11.7 Å². The van der Waals surface area contributed by atoms with Crippen molar-refractivity contribution in [2.75, 3.05) is 31.6 Å². The van der Waals surface area contributed by atoms with Gasteiger partial charge in [0.2, 0.25) is 16.0 Å². The predicted molar refractivity (Wildman–Crippen MR) is 95.3 cm³/mol. The molecule has 1 aromatic carbocycles. The molecule has 1 aliphatic heterocycles. The van der Waals surface area contributed by atoms with Gasteiger partial charge in [0, 0.05) is 38.7 Å². The maximum atomic E-state index is 13.0. The van der Waals surface area contributed by atoms with Gasteiger partial charge in [-0.3, -0.25) is 4.79 Å². The Morgan fingerprint density at radius 3 is 2.80 bits per heavy atom. The second-order valence-electron chi connectivity index (χ2n) is 6.15. The van der Waals surface area contributed by atoms with Gasteiger partial charge in [0.1, 0.15) is 5.82 Å². The fourth-order valence-corrected chi connectivity index (χ4v) is 3.78. The molecule has 25 heavy (non-hydrogen) atoms. The highest BCUT2D eigenvalue weighted by Crippen LogP contribution is 2.26. The van der Waals surface area contributed by atoms with Crippen LogP contribution in [0.25, 0.3) is 16.2 Å². The third-order valence-corrected chi connectivity index (χ3v) is 5.41. The van der Waals surface area contributed by atoms with Crippen LogP contribution < -0.4 is 4.90 Å². The minimum atomic E-state index is -0.261. The van der Waals surface area contributed by atoms with Crippen molar-refractivity contribution < 1.29 is 9.18 Å². The van der Waals surface area contributed by atoms with Gasteiger partial charge in [-0.1, -0.05) is 11.3 Å². The summed E-state index contributed by atoms with van der Waals surface area (Å²) in [5.41, 5.74) is 1.64. The highest BCUT2D eigenvalue weighted by Gasteiger charge is 2.20. The molecule has 0 unspecified atom stereocenters. The van der Waals surface area contributed by atoms with Crippen molar-refractivity contribution in [3.8, 4) is 11.3 Å². The van der Waals surface area contributed by atoms with Crippen LogP contribution in [-0.4, -0.2) is 52.1 Å². The highest BCUT2D eigenvalue weighted by atomic mass is 32.1. The number of aromatic nitrogens is 3. The van der Waals surface area contributed by atoms with Gasteiger partial charge < -0.3 is 9.80 Å². The Bertz CT molecular complexity index is 872. The molecule has 0 N–H and O–H groups in total. The fourth-order valence-electron chi connectivity index (χ4n) is 2.91. The van der Waals surface area contributed by atoms with Gasteiger partial charge in [-0.05, 0) is 30.7 Å². The minimum absolute atomic E-state index is 0.242. The number of hydrogen-bond donors (Lipinski definition) is 0. The summed E-state index contributed by atoms with van der Waals surface area (Å²) in [4.78, 5) is 21.0. The quantitative estimate of drug-likeness (QED) is 0.703. The summed E-state index contributed by atoms with van der Waals surface area (Å²) in [5.74, 6) is -0.0189. The maximum Gasteiger partial charge on any atom is 0.222 e. The van der Waals surface area contributed by atoms with E-state index in [2.05, 4.69) is 10.1 Å². The summed E-state index contributed by atoms with van der Waals surface area (Å²) < 4.78 is 14.8. The number of carbonyl (C=O) groups excluding carboxylic acids is 1. The Labute approximate surface area is 148 Å². The average Bonchev–Trinajstić information content (AvgIpc) is 3.28. The van der Waals surface area contributed by atoms with E-state index in [1.807, 2.05) is 23.0 Å². The lowest BCUT2D eigenvalue weighted by Gasteiger charge is -2.20. The summed E-state index contributed by atoms with van der Waals surface area (Å²) in [6.07, 6.45) is 3.47. The van der Waals surface area contributed by atoms with Crippen LogP contribution >= 0.6 is 11.3 Å². The number of benzene rings is 1. The number of imidazole rings is 1. The van der Waals surface area contributed by atoms with E-state index < -0.39 is 0 Å². The molecule has 2 aromatic heterocycles. The van der Waals surface area contributed by atoms with Gasteiger partial charge in [0.25, 0.3) is 0 Å². The SMILES string of the molecule is CN(CCN1CCCC1=O)c1nn2cc(-c3ccc(F)cc3)nc2s1. The first-order chi connectivity index (χ1) is 12.1. The largest absolute Gasteiger partial charge is 0.348 e. The van der Waals surface area contributed by atoms with Gasteiger partial charge >= 0.3 is 0 Å². The summed E-state index contributed by atoms with van der Waals surface area (Å²) in [7, 11) is 1.97. The lowest BCUT2D eigenvalue weighted by molar-refractivity contribution is -0.127. The summed E-state index contributed by atoms with van der Waals surface area (Å²) in [6, 6.07) is 6.27. The zero-order chi connectivity index (χ0) is 17.4. The van der Waals surface area contributed by atoms with E-state index in [1.54, 1.807) is 16.6 Å². The Kier molecular flexibility index (Phi) is 4.12. The van der Waals surface area contributed by atoms with Crippen molar-refractivity contribution >= 4 is 27.3 Å². The highest BCUT2D eigenvalue weighted by molar-refractivity contribution is 7.20. The number of halogens is 1.